The summed E-state index contributed by atoms with van der Waals surface area (Å²) in [5, 5.41) is 6.14. The van der Waals surface area contributed by atoms with Gasteiger partial charge >= 0.3 is 0 Å². The Morgan fingerprint density at radius 2 is 0.489 bits per heavy atom. The number of hydrogen-bond donors (Lipinski definition) is 0. The molecule has 6 heteroatoms. The Morgan fingerprint density at radius 1 is 0.277 bits per heavy atom. The minimum absolute atomic E-state index is 1.23. The second-order valence-electron chi connectivity index (χ2n) is 14.1. The van der Waals surface area contributed by atoms with Gasteiger partial charge in [-0.15, -0.1) is 0 Å². The van der Waals surface area contributed by atoms with E-state index in [0.717, 1.165) is 0 Å². The van der Waals surface area contributed by atoms with Gasteiger partial charge in [0.05, 0.1) is 0 Å². The fourth-order valence-electron chi connectivity index (χ4n) is 7.28. The van der Waals surface area contributed by atoms with Gasteiger partial charge in [-0.25, -0.2) is 13.5 Å². The zero-order valence-electron chi connectivity index (χ0n) is 29.8. The van der Waals surface area contributed by atoms with Crippen molar-refractivity contribution in [3.8, 4) is 0 Å². The maximum Gasteiger partial charge on any atom is 0.138 e. The Balaban J connectivity index is 1.97. The molecule has 0 amide bonds. The standard InChI is InChI=1S/C41H48N3P3/c1-27-12-28(2)18-37(17-27)45(11)42-46(38-19-29(3)13-30(4)20-38,39-21-31(5)14-32(6)22-39)44-47(43-45,40-23-33(7)15-34(8)24-40)41-25-35(9)16-36(10)26-41/h12-26H,1-11H3. The SMILES string of the molecule is Cc1cc(C)cc(P2(C)=NP(c3cc(C)cc(C)c3)(c3cc(C)cc(C)c3)=NP(c3cc(C)cc(C)c3)(c3cc(C)cc(C)c3)=N2)c1. The molecule has 1 aliphatic rings. The van der Waals surface area contributed by atoms with Gasteiger partial charge in [-0.3, -0.25) is 0 Å². The third-order valence-corrected chi connectivity index (χ3v) is 20.9. The molecule has 242 valence electrons. The topological polar surface area (TPSA) is 37.1 Å². The summed E-state index contributed by atoms with van der Waals surface area (Å²) in [6.07, 6.45) is 0. The predicted octanol–water partition coefficient (Wildman–Crippen LogP) is 10.7. The van der Waals surface area contributed by atoms with Crippen LogP contribution in [0.15, 0.2) is 105 Å². The number of benzene rings is 5. The van der Waals surface area contributed by atoms with Crippen LogP contribution in [0.25, 0.3) is 0 Å². The molecular weight excluding hydrogens is 627 g/mol. The minimum Gasteiger partial charge on any atom is -0.228 e. The van der Waals surface area contributed by atoms with Crippen LogP contribution in [0.3, 0.4) is 0 Å². The molecule has 0 spiro atoms. The molecule has 0 fully saturated rings. The van der Waals surface area contributed by atoms with Crippen LogP contribution in [0.2, 0.25) is 0 Å². The first-order valence-corrected chi connectivity index (χ1v) is 22.0. The first-order valence-electron chi connectivity index (χ1n) is 16.4. The van der Waals surface area contributed by atoms with Gasteiger partial charge in [0.25, 0.3) is 0 Å². The Morgan fingerprint density at radius 3 is 0.745 bits per heavy atom. The van der Waals surface area contributed by atoms with Crippen molar-refractivity contribution in [2.24, 2.45) is 13.5 Å². The lowest BCUT2D eigenvalue weighted by Crippen LogP contribution is -2.23. The Bertz CT molecular complexity index is 1940. The van der Waals surface area contributed by atoms with Gasteiger partial charge < -0.3 is 0 Å². The molecule has 47 heavy (non-hydrogen) atoms. The lowest BCUT2D eigenvalue weighted by Gasteiger charge is -2.37. The number of hydrogen-bond acceptors (Lipinski definition) is 3. The van der Waals surface area contributed by atoms with E-state index in [4.69, 9.17) is 13.5 Å². The van der Waals surface area contributed by atoms with Gasteiger partial charge in [-0.1, -0.05) is 86.0 Å². The largest absolute Gasteiger partial charge is 0.228 e. The Hall–Kier alpha value is -3.21. The predicted molar refractivity (Wildman–Crippen MR) is 212 cm³/mol. The van der Waals surface area contributed by atoms with Crippen LogP contribution in [0.4, 0.5) is 0 Å². The lowest BCUT2D eigenvalue weighted by atomic mass is 10.2. The third kappa shape index (κ3) is 6.48. The summed E-state index contributed by atoms with van der Waals surface area (Å²) in [6, 6.07) is 34.9. The fraction of sp³-hybridized carbons (Fsp3) is 0.268. The molecule has 1 unspecified atom stereocenters. The van der Waals surface area contributed by atoms with Crippen molar-refractivity contribution >= 4 is 48.1 Å². The summed E-state index contributed by atoms with van der Waals surface area (Å²) >= 11 is 0. The molecule has 5 aromatic rings. The fourth-order valence-corrected chi connectivity index (χ4v) is 22.9. The third-order valence-electron chi connectivity index (χ3n) is 8.83. The highest BCUT2D eigenvalue weighted by molar-refractivity contribution is 7.98. The number of rotatable bonds is 5. The average molecular weight is 676 g/mol. The van der Waals surface area contributed by atoms with E-state index in [-0.39, 0.29) is 0 Å². The molecule has 3 nitrogen and oxygen atoms in total. The molecule has 0 saturated carbocycles. The minimum atomic E-state index is -2.78. The highest BCUT2D eigenvalue weighted by Gasteiger charge is 2.40. The average Bonchev–Trinajstić information content (AvgIpc) is 2.94. The van der Waals surface area contributed by atoms with Crippen molar-refractivity contribution in [3.63, 3.8) is 0 Å². The summed E-state index contributed by atoms with van der Waals surface area (Å²) in [7, 11) is -8.10. The van der Waals surface area contributed by atoms with E-state index in [9.17, 15) is 0 Å². The first kappa shape index (κ1) is 33.7. The second kappa shape index (κ2) is 12.3. The monoisotopic (exact) mass is 675 g/mol. The summed E-state index contributed by atoms with van der Waals surface area (Å²) in [5.41, 5.74) is 12.4. The molecule has 0 bridgehead atoms. The second-order valence-corrected chi connectivity index (χ2v) is 23.1. The zero-order valence-corrected chi connectivity index (χ0v) is 32.5. The van der Waals surface area contributed by atoms with Gasteiger partial charge in [-0.2, -0.15) is 0 Å². The van der Waals surface area contributed by atoms with Crippen LogP contribution in [0.1, 0.15) is 55.6 Å². The van der Waals surface area contributed by atoms with E-state index in [1.807, 2.05) is 0 Å². The highest BCUT2D eigenvalue weighted by Crippen LogP contribution is 2.75. The van der Waals surface area contributed by atoms with Crippen molar-refractivity contribution < 1.29 is 0 Å². The normalized spacial score (nSPS) is 18.2. The summed E-state index contributed by atoms with van der Waals surface area (Å²) < 4.78 is 18.6. The molecule has 1 heterocycles. The molecule has 0 N–H and O–H groups in total. The molecule has 5 aromatic carbocycles. The van der Waals surface area contributed by atoms with E-state index in [0.29, 0.717) is 0 Å². The Kier molecular flexibility index (Phi) is 8.85. The molecule has 0 radical (unpaired) electrons. The highest BCUT2D eigenvalue weighted by atomic mass is 31.3. The quantitative estimate of drug-likeness (QED) is 0.166. The van der Waals surface area contributed by atoms with Crippen molar-refractivity contribution in [2.45, 2.75) is 69.2 Å². The van der Waals surface area contributed by atoms with Gasteiger partial charge in [0.15, 0.2) is 0 Å². The van der Waals surface area contributed by atoms with Crippen molar-refractivity contribution in [1.29, 1.82) is 0 Å². The molecule has 1 aliphatic heterocycles. The van der Waals surface area contributed by atoms with Crippen LogP contribution in [-0.2, 0) is 0 Å². The maximum atomic E-state index is 6.34. The van der Waals surface area contributed by atoms with E-state index < -0.39 is 21.6 Å². The van der Waals surface area contributed by atoms with E-state index in [2.05, 4.69) is 167 Å². The lowest BCUT2D eigenvalue weighted by molar-refractivity contribution is 1.39. The molecule has 0 saturated heterocycles. The van der Waals surface area contributed by atoms with Crippen LogP contribution >= 0.6 is 21.6 Å². The summed E-state index contributed by atoms with van der Waals surface area (Å²) in [6.45, 7) is 24.4. The molecular formula is C41H48N3P3. The Labute approximate surface area is 283 Å². The van der Waals surface area contributed by atoms with Crippen molar-refractivity contribution in [1.82, 2.24) is 0 Å². The first-order chi connectivity index (χ1) is 22.1. The molecule has 0 aliphatic carbocycles. The summed E-state index contributed by atoms with van der Waals surface area (Å²) in [4.78, 5) is 0. The van der Waals surface area contributed by atoms with Gasteiger partial charge in [0.1, 0.15) is 21.6 Å². The van der Waals surface area contributed by atoms with Crippen LogP contribution in [0.5, 0.6) is 0 Å². The van der Waals surface area contributed by atoms with E-state index in [1.54, 1.807) is 0 Å². The molecule has 1 atom stereocenters. The maximum absolute atomic E-state index is 6.34. The molecule has 0 aromatic heterocycles. The smallest absolute Gasteiger partial charge is 0.138 e. The van der Waals surface area contributed by atoms with Gasteiger partial charge in [-0.05, 0) is 137 Å². The van der Waals surface area contributed by atoms with E-state index >= 15 is 0 Å². The van der Waals surface area contributed by atoms with Gasteiger partial charge in [0.2, 0.25) is 0 Å². The van der Waals surface area contributed by atoms with Crippen LogP contribution in [-0.4, -0.2) is 6.66 Å². The van der Waals surface area contributed by atoms with Crippen molar-refractivity contribution in [3.05, 3.63) is 147 Å². The zero-order chi connectivity index (χ0) is 33.9. The van der Waals surface area contributed by atoms with Gasteiger partial charge in [0, 0.05) is 26.5 Å². The van der Waals surface area contributed by atoms with E-state index in [1.165, 1.54) is 82.2 Å². The van der Waals surface area contributed by atoms with Crippen LogP contribution < -0.4 is 26.5 Å². The summed E-state index contributed by atoms with van der Waals surface area (Å²) in [5.74, 6) is 0. The molecule has 6 rings (SSSR count). The number of aryl methyl sites for hydroxylation is 10. The van der Waals surface area contributed by atoms with Crippen molar-refractivity contribution in [2.75, 3.05) is 6.66 Å². The number of nitrogens with zero attached hydrogens (tertiary/aromatic N) is 3. The van der Waals surface area contributed by atoms with Crippen LogP contribution in [0, 0.1) is 69.2 Å².